The fraction of sp³-hybridized carbons (Fsp3) is 0.444. The molecule has 204 valence electrons. The van der Waals surface area contributed by atoms with Gasteiger partial charge in [-0.3, -0.25) is 0 Å². The van der Waals surface area contributed by atoms with Crippen LogP contribution in [0.5, 0.6) is 0 Å². The van der Waals surface area contributed by atoms with Gasteiger partial charge in [0.2, 0.25) is 0 Å². The third kappa shape index (κ3) is 4.49. The Hall–Kier alpha value is -3.04. The molecule has 0 saturated heterocycles. The molecule has 0 spiro atoms. The van der Waals surface area contributed by atoms with Crippen LogP contribution >= 0.6 is 0 Å². The van der Waals surface area contributed by atoms with E-state index >= 15 is 0 Å². The number of benzene rings is 2. The van der Waals surface area contributed by atoms with Crippen molar-refractivity contribution in [3.05, 3.63) is 107 Å². The van der Waals surface area contributed by atoms with E-state index in [0.29, 0.717) is 6.61 Å². The van der Waals surface area contributed by atoms with Gasteiger partial charge in [0.25, 0.3) is 0 Å². The van der Waals surface area contributed by atoms with E-state index in [1.807, 2.05) is 0 Å². The predicted octanol–water partition coefficient (Wildman–Crippen LogP) is 7.89. The molecule has 0 aliphatic carbocycles. The minimum Gasteiger partial charge on any atom is -0.396 e. The molecular formula is C36H44N2O. The Morgan fingerprint density at radius 3 is 2.41 bits per heavy atom. The zero-order chi connectivity index (χ0) is 27.0. The molecule has 0 aromatic heterocycles. The summed E-state index contributed by atoms with van der Waals surface area (Å²) in [5, 5.41) is 9.20. The number of aliphatic hydroxyl groups excluding tert-OH is 1. The van der Waals surface area contributed by atoms with Gasteiger partial charge in [0.1, 0.15) is 0 Å². The Bertz CT molecular complexity index is 1360. The number of nitrogens with zero attached hydrogens (tertiary/aromatic N) is 2. The fourth-order valence-corrected chi connectivity index (χ4v) is 7.52. The van der Waals surface area contributed by atoms with Crippen molar-refractivity contribution in [1.29, 1.82) is 0 Å². The number of para-hydroxylation sites is 2. The first kappa shape index (κ1) is 26.2. The molecule has 1 N–H and O–H groups in total. The summed E-state index contributed by atoms with van der Waals surface area (Å²) in [6.45, 7) is 9.68. The van der Waals surface area contributed by atoms with Gasteiger partial charge in [-0.2, -0.15) is 0 Å². The van der Waals surface area contributed by atoms with Crippen molar-refractivity contribution in [2.75, 3.05) is 29.5 Å². The molecule has 1 atom stereocenters. The minimum atomic E-state index is 0.00743. The number of aryl methyl sites for hydroxylation is 1. The van der Waals surface area contributed by atoms with E-state index in [0.717, 1.165) is 38.8 Å². The maximum absolute atomic E-state index is 9.20. The van der Waals surface area contributed by atoms with Crippen molar-refractivity contribution in [3.63, 3.8) is 0 Å². The molecule has 1 unspecified atom stereocenters. The second-order valence-electron chi connectivity index (χ2n) is 12.6. The molecule has 0 fully saturated rings. The SMILES string of the molecule is CC1(C)C(=CC=CC=CC2=CN3CCc4cccc(c43)C2(C)CCCCCCO)N2CCCc3cccc1c32. The normalized spacial score (nSPS) is 23.7. The zero-order valence-corrected chi connectivity index (χ0v) is 24.0. The first-order chi connectivity index (χ1) is 18.9. The second-order valence-corrected chi connectivity index (χ2v) is 12.6. The number of hydrogen-bond acceptors (Lipinski definition) is 3. The van der Waals surface area contributed by atoms with Gasteiger partial charge in [-0.15, -0.1) is 0 Å². The van der Waals surface area contributed by atoms with Gasteiger partial charge >= 0.3 is 0 Å². The standard InChI is InChI=1S/C36H44N2O/c1-35(2)30-18-11-14-27-16-13-23-38(34(27)30)32(35)20-8-6-7-17-29-26-37-24-21-28-15-12-19-31(33(28)37)36(29,3)22-9-4-5-10-25-39/h6-8,11-12,14-15,17-20,26,39H,4-5,9-10,13,16,21-25H2,1-3H3. The molecule has 0 saturated carbocycles. The first-order valence-corrected chi connectivity index (χ1v) is 15.1. The highest BCUT2D eigenvalue weighted by molar-refractivity contribution is 5.75. The predicted molar refractivity (Wildman–Crippen MR) is 165 cm³/mol. The van der Waals surface area contributed by atoms with Crippen molar-refractivity contribution in [2.24, 2.45) is 0 Å². The van der Waals surface area contributed by atoms with E-state index in [1.165, 1.54) is 70.6 Å². The Balaban J connectivity index is 1.24. The van der Waals surface area contributed by atoms with Gasteiger partial charge in [0.05, 0.1) is 0 Å². The Morgan fingerprint density at radius 1 is 0.821 bits per heavy atom. The summed E-state index contributed by atoms with van der Waals surface area (Å²) in [5.41, 5.74) is 11.7. The van der Waals surface area contributed by atoms with Crippen LogP contribution in [0.15, 0.2) is 84.2 Å². The first-order valence-electron chi connectivity index (χ1n) is 15.1. The summed E-state index contributed by atoms with van der Waals surface area (Å²) in [6, 6.07) is 13.8. The molecule has 2 aromatic rings. The summed E-state index contributed by atoms with van der Waals surface area (Å²) >= 11 is 0. The Kier molecular flexibility index (Phi) is 7.05. The lowest BCUT2D eigenvalue weighted by Crippen LogP contribution is -2.32. The number of allylic oxidation sites excluding steroid dienone is 7. The summed E-state index contributed by atoms with van der Waals surface area (Å²) in [7, 11) is 0. The fourth-order valence-electron chi connectivity index (χ4n) is 7.52. The van der Waals surface area contributed by atoms with Crippen molar-refractivity contribution < 1.29 is 5.11 Å². The van der Waals surface area contributed by atoms with E-state index in [-0.39, 0.29) is 10.8 Å². The number of hydrogen-bond donors (Lipinski definition) is 1. The molecule has 0 bridgehead atoms. The molecule has 0 radical (unpaired) electrons. The maximum Gasteiger partial charge on any atom is 0.0483 e. The minimum absolute atomic E-state index is 0.00743. The molecule has 39 heavy (non-hydrogen) atoms. The monoisotopic (exact) mass is 520 g/mol. The molecule has 3 nitrogen and oxygen atoms in total. The van der Waals surface area contributed by atoms with Crippen LogP contribution in [0.3, 0.4) is 0 Å². The lowest BCUT2D eigenvalue weighted by Gasteiger charge is -2.40. The Labute approximate surface area is 235 Å². The highest BCUT2D eigenvalue weighted by Crippen LogP contribution is 2.51. The molecule has 4 aliphatic rings. The molecule has 4 aliphatic heterocycles. The summed E-state index contributed by atoms with van der Waals surface area (Å²) in [5.74, 6) is 0. The van der Waals surface area contributed by atoms with Crippen LogP contribution in [0.4, 0.5) is 11.4 Å². The molecular weight excluding hydrogens is 476 g/mol. The van der Waals surface area contributed by atoms with E-state index in [1.54, 1.807) is 0 Å². The van der Waals surface area contributed by atoms with Crippen molar-refractivity contribution >= 4 is 11.4 Å². The summed E-state index contributed by atoms with van der Waals surface area (Å²) in [4.78, 5) is 5.05. The van der Waals surface area contributed by atoms with Crippen LogP contribution in [0.1, 0.15) is 81.5 Å². The smallest absolute Gasteiger partial charge is 0.0483 e. The molecule has 0 amide bonds. The highest BCUT2D eigenvalue weighted by Gasteiger charge is 2.42. The quantitative estimate of drug-likeness (QED) is 0.269. The third-order valence-corrected chi connectivity index (χ3v) is 9.71. The van der Waals surface area contributed by atoms with Crippen LogP contribution in [0.2, 0.25) is 0 Å². The van der Waals surface area contributed by atoms with Gasteiger partial charge in [0.15, 0.2) is 0 Å². The van der Waals surface area contributed by atoms with Gasteiger partial charge in [0, 0.05) is 53.8 Å². The highest BCUT2D eigenvalue weighted by atomic mass is 16.2. The summed E-state index contributed by atoms with van der Waals surface area (Å²) in [6.07, 6.45) is 22.9. The summed E-state index contributed by atoms with van der Waals surface area (Å²) < 4.78 is 0. The molecule has 2 aromatic carbocycles. The maximum atomic E-state index is 9.20. The second kappa shape index (κ2) is 10.5. The van der Waals surface area contributed by atoms with Crippen LogP contribution in [0, 0.1) is 0 Å². The van der Waals surface area contributed by atoms with Gasteiger partial charge in [-0.05, 0) is 66.0 Å². The number of anilines is 2. The van der Waals surface area contributed by atoms with Crippen molar-refractivity contribution in [3.8, 4) is 0 Å². The molecule has 3 heteroatoms. The van der Waals surface area contributed by atoms with Crippen LogP contribution in [-0.4, -0.2) is 24.8 Å². The van der Waals surface area contributed by atoms with Crippen LogP contribution in [-0.2, 0) is 23.7 Å². The van der Waals surface area contributed by atoms with Crippen molar-refractivity contribution in [2.45, 2.75) is 83.0 Å². The zero-order valence-electron chi connectivity index (χ0n) is 24.0. The van der Waals surface area contributed by atoms with Crippen molar-refractivity contribution in [1.82, 2.24) is 0 Å². The average Bonchev–Trinajstić information content (AvgIpc) is 3.45. The van der Waals surface area contributed by atoms with Crippen LogP contribution < -0.4 is 9.80 Å². The topological polar surface area (TPSA) is 26.7 Å². The van der Waals surface area contributed by atoms with Crippen LogP contribution in [0.25, 0.3) is 0 Å². The van der Waals surface area contributed by atoms with Gasteiger partial charge in [-0.1, -0.05) is 101 Å². The van der Waals surface area contributed by atoms with Gasteiger partial charge in [-0.25, -0.2) is 0 Å². The number of rotatable bonds is 9. The van der Waals surface area contributed by atoms with E-state index < -0.39 is 0 Å². The average molecular weight is 521 g/mol. The number of aliphatic hydroxyl groups is 1. The number of unbranched alkanes of at least 4 members (excludes halogenated alkanes) is 3. The van der Waals surface area contributed by atoms with E-state index in [4.69, 9.17) is 0 Å². The van der Waals surface area contributed by atoms with E-state index in [9.17, 15) is 5.11 Å². The lowest BCUT2D eigenvalue weighted by atomic mass is 9.69. The Morgan fingerprint density at radius 2 is 1.59 bits per heavy atom. The largest absolute Gasteiger partial charge is 0.396 e. The lowest BCUT2D eigenvalue weighted by molar-refractivity contribution is 0.281. The molecule has 4 heterocycles. The molecule has 6 rings (SSSR count). The van der Waals surface area contributed by atoms with Gasteiger partial charge < -0.3 is 14.9 Å². The van der Waals surface area contributed by atoms with E-state index in [2.05, 4.69) is 104 Å². The third-order valence-electron chi connectivity index (χ3n) is 9.71.